The van der Waals surface area contributed by atoms with E-state index in [9.17, 15) is 0 Å². The molecule has 0 bridgehead atoms. The fourth-order valence-electron chi connectivity index (χ4n) is 1.01. The van der Waals surface area contributed by atoms with E-state index in [1.165, 1.54) is 0 Å². The van der Waals surface area contributed by atoms with Gasteiger partial charge in [-0.05, 0) is 23.9 Å². The van der Waals surface area contributed by atoms with Crippen molar-refractivity contribution in [2.45, 2.75) is 15.2 Å². The third-order valence-electron chi connectivity index (χ3n) is 1.76. The Balaban J connectivity index is 2.08. The van der Waals surface area contributed by atoms with Gasteiger partial charge in [0, 0.05) is 19.0 Å². The summed E-state index contributed by atoms with van der Waals surface area (Å²) < 4.78 is 2.06. The second kappa shape index (κ2) is 5.13. The van der Waals surface area contributed by atoms with Gasteiger partial charge < -0.3 is 10.0 Å². The fourth-order valence-corrected chi connectivity index (χ4v) is 4.04. The van der Waals surface area contributed by atoms with E-state index in [0.717, 1.165) is 18.6 Å². The number of rotatable bonds is 4. The predicted molar refractivity (Wildman–Crippen MR) is 68.6 cm³/mol. The summed E-state index contributed by atoms with van der Waals surface area (Å²) in [5, 5.41) is 18.0. The highest BCUT2D eigenvalue weighted by molar-refractivity contribution is 8.02. The maximum atomic E-state index is 8.96. The molecule has 0 aliphatic carbocycles. The maximum absolute atomic E-state index is 8.96. The van der Waals surface area contributed by atoms with Crippen LogP contribution in [0.2, 0.25) is 0 Å². The maximum Gasteiger partial charge on any atom is 0.208 e. The van der Waals surface area contributed by atoms with Crippen LogP contribution in [0.5, 0.6) is 0 Å². The molecule has 0 saturated heterocycles. The molecule has 0 unspecified atom stereocenters. The molecule has 2 aromatic heterocycles. The van der Waals surface area contributed by atoms with E-state index in [-0.39, 0.29) is 6.61 Å². The Hall–Kier alpha value is -0.630. The first-order chi connectivity index (χ1) is 7.69. The molecule has 0 aromatic carbocycles. The molecule has 2 rings (SSSR count). The highest BCUT2D eigenvalue weighted by atomic mass is 32.2. The third-order valence-corrected chi connectivity index (χ3v) is 5.10. The summed E-state index contributed by atoms with van der Waals surface area (Å²) in [6, 6.07) is 3.93. The summed E-state index contributed by atoms with van der Waals surface area (Å²) >= 11 is 4.73. The SMILES string of the molecule is CN(C)c1nnc(Sc2ccc(CO)s2)s1. The van der Waals surface area contributed by atoms with Crippen LogP contribution >= 0.6 is 34.4 Å². The van der Waals surface area contributed by atoms with E-state index >= 15 is 0 Å². The molecule has 7 heteroatoms. The monoisotopic (exact) mass is 273 g/mol. The minimum Gasteiger partial charge on any atom is -0.391 e. The lowest BCUT2D eigenvalue weighted by atomic mass is 10.5. The van der Waals surface area contributed by atoms with Crippen LogP contribution in [-0.4, -0.2) is 29.4 Å². The number of aliphatic hydroxyl groups excluding tert-OH is 1. The lowest BCUT2D eigenvalue weighted by Gasteiger charge is -2.03. The predicted octanol–water partition coefficient (Wildman–Crippen LogP) is 2.31. The summed E-state index contributed by atoms with van der Waals surface area (Å²) in [7, 11) is 3.90. The van der Waals surface area contributed by atoms with E-state index in [4.69, 9.17) is 5.11 Å². The lowest BCUT2D eigenvalue weighted by Crippen LogP contribution is -2.07. The van der Waals surface area contributed by atoms with Crippen LogP contribution < -0.4 is 4.90 Å². The molecule has 0 saturated carbocycles. The van der Waals surface area contributed by atoms with E-state index in [0.29, 0.717) is 0 Å². The molecule has 16 heavy (non-hydrogen) atoms. The highest BCUT2D eigenvalue weighted by Gasteiger charge is 2.08. The zero-order valence-electron chi connectivity index (χ0n) is 8.88. The second-order valence-electron chi connectivity index (χ2n) is 3.23. The molecule has 0 atom stereocenters. The van der Waals surface area contributed by atoms with Crippen molar-refractivity contribution in [3.05, 3.63) is 17.0 Å². The van der Waals surface area contributed by atoms with Gasteiger partial charge in [0.15, 0.2) is 4.34 Å². The van der Waals surface area contributed by atoms with Crippen molar-refractivity contribution in [1.82, 2.24) is 10.2 Å². The van der Waals surface area contributed by atoms with Crippen molar-refractivity contribution in [3.63, 3.8) is 0 Å². The van der Waals surface area contributed by atoms with Gasteiger partial charge in [-0.3, -0.25) is 0 Å². The van der Waals surface area contributed by atoms with Gasteiger partial charge in [0.2, 0.25) is 5.13 Å². The van der Waals surface area contributed by atoms with Crippen LogP contribution in [-0.2, 0) is 6.61 Å². The Bertz CT molecular complexity index is 466. The number of anilines is 1. The molecule has 0 aliphatic heterocycles. The number of hydrogen-bond acceptors (Lipinski definition) is 7. The van der Waals surface area contributed by atoms with Crippen molar-refractivity contribution in [1.29, 1.82) is 0 Å². The van der Waals surface area contributed by atoms with E-state index in [1.54, 1.807) is 34.4 Å². The molecule has 0 fully saturated rings. The minimum absolute atomic E-state index is 0.101. The normalized spacial score (nSPS) is 10.7. The average molecular weight is 273 g/mol. The third kappa shape index (κ3) is 2.73. The number of aromatic nitrogens is 2. The lowest BCUT2D eigenvalue weighted by molar-refractivity contribution is 0.285. The topological polar surface area (TPSA) is 49.2 Å². The zero-order chi connectivity index (χ0) is 11.5. The van der Waals surface area contributed by atoms with Crippen LogP contribution in [0.1, 0.15) is 4.88 Å². The summed E-state index contributed by atoms with van der Waals surface area (Å²) in [5.74, 6) is 0. The molecule has 1 N–H and O–H groups in total. The van der Waals surface area contributed by atoms with Crippen LogP contribution in [0.25, 0.3) is 0 Å². The number of aliphatic hydroxyl groups is 1. The van der Waals surface area contributed by atoms with Crippen molar-refractivity contribution >= 4 is 39.6 Å². The summed E-state index contributed by atoms with van der Waals surface area (Å²) in [5.41, 5.74) is 0. The number of hydrogen-bond donors (Lipinski definition) is 1. The minimum atomic E-state index is 0.101. The van der Waals surface area contributed by atoms with Crippen molar-refractivity contribution in [2.75, 3.05) is 19.0 Å². The van der Waals surface area contributed by atoms with Gasteiger partial charge in [-0.15, -0.1) is 21.5 Å². The molecule has 0 amide bonds. The molecular weight excluding hydrogens is 262 g/mol. The Morgan fingerprint density at radius 3 is 2.69 bits per heavy atom. The second-order valence-corrected chi connectivity index (χ2v) is 6.90. The Morgan fingerprint density at radius 1 is 1.31 bits per heavy atom. The first-order valence-electron chi connectivity index (χ1n) is 4.57. The average Bonchev–Trinajstić information content (AvgIpc) is 2.87. The molecule has 0 aliphatic rings. The Morgan fingerprint density at radius 2 is 2.12 bits per heavy atom. The van der Waals surface area contributed by atoms with Gasteiger partial charge in [-0.1, -0.05) is 11.3 Å². The standard InChI is InChI=1S/C9H11N3OS3/c1-12(2)8-10-11-9(16-8)15-7-4-3-6(5-13)14-7/h3-4,13H,5H2,1-2H3. The van der Waals surface area contributed by atoms with Crippen LogP contribution in [0.4, 0.5) is 5.13 Å². The Kier molecular flexibility index (Phi) is 3.80. The molecule has 2 aromatic rings. The largest absolute Gasteiger partial charge is 0.391 e. The fraction of sp³-hybridized carbons (Fsp3) is 0.333. The van der Waals surface area contributed by atoms with Gasteiger partial charge in [0.25, 0.3) is 0 Å². The Labute approximate surface area is 106 Å². The van der Waals surface area contributed by atoms with Crippen LogP contribution in [0, 0.1) is 0 Å². The first kappa shape index (κ1) is 11.8. The van der Waals surface area contributed by atoms with Crippen molar-refractivity contribution in [3.8, 4) is 0 Å². The molecule has 86 valence electrons. The van der Waals surface area contributed by atoms with Gasteiger partial charge >= 0.3 is 0 Å². The molecule has 0 spiro atoms. The summed E-state index contributed by atoms with van der Waals surface area (Å²) in [6.45, 7) is 0.101. The van der Waals surface area contributed by atoms with Gasteiger partial charge in [-0.25, -0.2) is 0 Å². The molecule has 0 radical (unpaired) electrons. The van der Waals surface area contributed by atoms with E-state index in [1.807, 2.05) is 31.1 Å². The highest BCUT2D eigenvalue weighted by Crippen LogP contribution is 2.36. The summed E-state index contributed by atoms with van der Waals surface area (Å²) in [6.07, 6.45) is 0. The van der Waals surface area contributed by atoms with E-state index < -0.39 is 0 Å². The molecule has 4 nitrogen and oxygen atoms in total. The smallest absolute Gasteiger partial charge is 0.208 e. The van der Waals surface area contributed by atoms with Gasteiger partial charge in [0.1, 0.15) is 0 Å². The summed E-state index contributed by atoms with van der Waals surface area (Å²) in [4.78, 5) is 2.91. The van der Waals surface area contributed by atoms with Crippen LogP contribution in [0.3, 0.4) is 0 Å². The number of nitrogens with zero attached hydrogens (tertiary/aromatic N) is 3. The quantitative estimate of drug-likeness (QED) is 0.926. The molecular formula is C9H11N3OS3. The molecule has 2 heterocycles. The van der Waals surface area contributed by atoms with Crippen molar-refractivity contribution < 1.29 is 5.11 Å². The zero-order valence-corrected chi connectivity index (χ0v) is 11.3. The van der Waals surface area contributed by atoms with Crippen LogP contribution in [0.15, 0.2) is 20.7 Å². The number of thiophene rings is 1. The first-order valence-corrected chi connectivity index (χ1v) is 7.02. The van der Waals surface area contributed by atoms with Crippen molar-refractivity contribution in [2.24, 2.45) is 0 Å². The van der Waals surface area contributed by atoms with Gasteiger partial charge in [0.05, 0.1) is 10.8 Å². The van der Waals surface area contributed by atoms with Gasteiger partial charge in [-0.2, -0.15) is 0 Å². The van der Waals surface area contributed by atoms with E-state index in [2.05, 4.69) is 10.2 Å².